The Hall–Kier alpha value is -4.27. The number of nitrogen functional groups attached to an aromatic ring is 1. The summed E-state index contributed by atoms with van der Waals surface area (Å²) in [4.78, 5) is 19.5. The fraction of sp³-hybridized carbons (Fsp3) is 0.0833. The predicted octanol–water partition coefficient (Wildman–Crippen LogP) is 5.87. The minimum atomic E-state index is -4.51. The van der Waals surface area contributed by atoms with E-state index in [2.05, 4.69) is 15.3 Å². The van der Waals surface area contributed by atoms with E-state index in [0.29, 0.717) is 33.9 Å². The second-order valence-electron chi connectivity index (χ2n) is 7.39. The van der Waals surface area contributed by atoms with Crippen molar-refractivity contribution < 1.29 is 23.1 Å². The number of aromatic amines is 1. The molecule has 0 bridgehead atoms. The fourth-order valence-electron chi connectivity index (χ4n) is 3.46. The van der Waals surface area contributed by atoms with Crippen molar-refractivity contribution in [2.75, 3.05) is 11.1 Å². The summed E-state index contributed by atoms with van der Waals surface area (Å²) in [6.45, 7) is 1.58. The number of H-pyrrole nitrogens is 1. The Morgan fingerprint density at radius 1 is 1.06 bits per heavy atom. The molecule has 168 valence electrons. The first-order valence-electron chi connectivity index (χ1n) is 9.87. The highest BCUT2D eigenvalue weighted by molar-refractivity contribution is 6.13. The molecule has 5 N–H and O–H groups in total. The lowest BCUT2D eigenvalue weighted by Crippen LogP contribution is -2.12. The number of aliphatic imine (C=N–C) groups is 1. The summed E-state index contributed by atoms with van der Waals surface area (Å²) in [5.74, 6) is -0.629. The van der Waals surface area contributed by atoms with Crippen LogP contribution in [-0.4, -0.2) is 21.7 Å². The van der Waals surface area contributed by atoms with Gasteiger partial charge in [0.05, 0.1) is 33.9 Å². The Morgan fingerprint density at radius 2 is 1.76 bits per heavy atom. The largest absolute Gasteiger partial charge is 0.494 e. The molecule has 1 heterocycles. The Kier molecular flexibility index (Phi) is 5.55. The van der Waals surface area contributed by atoms with Gasteiger partial charge in [-0.05, 0) is 61.5 Å². The quantitative estimate of drug-likeness (QED) is 0.230. The van der Waals surface area contributed by atoms with Gasteiger partial charge in [0.15, 0.2) is 5.88 Å². The number of aromatic nitrogens is 1. The van der Waals surface area contributed by atoms with E-state index in [4.69, 9.17) is 5.73 Å². The maximum absolute atomic E-state index is 13.1. The van der Waals surface area contributed by atoms with Gasteiger partial charge in [0.2, 0.25) is 0 Å². The van der Waals surface area contributed by atoms with E-state index in [1.807, 2.05) is 0 Å². The average Bonchev–Trinajstić information content (AvgIpc) is 3.10. The third kappa shape index (κ3) is 4.52. The third-order valence-corrected chi connectivity index (χ3v) is 5.10. The number of para-hydroxylation sites is 2. The number of fused-ring (bicyclic) bond motifs is 1. The molecule has 33 heavy (non-hydrogen) atoms. The molecular weight excluding hydrogens is 433 g/mol. The minimum Gasteiger partial charge on any atom is -0.494 e. The molecular formula is C24H19F3N4O2. The second-order valence-corrected chi connectivity index (χ2v) is 7.39. The lowest BCUT2D eigenvalue weighted by Gasteiger charge is -2.08. The second kappa shape index (κ2) is 8.34. The van der Waals surface area contributed by atoms with Crippen LogP contribution < -0.4 is 11.1 Å². The monoisotopic (exact) mass is 452 g/mol. The molecule has 6 nitrogen and oxygen atoms in total. The van der Waals surface area contributed by atoms with E-state index < -0.39 is 11.7 Å². The fourth-order valence-corrected chi connectivity index (χ4v) is 3.46. The van der Waals surface area contributed by atoms with Gasteiger partial charge in [0, 0.05) is 16.5 Å². The topological polar surface area (TPSA) is 104 Å². The summed E-state index contributed by atoms with van der Waals surface area (Å²) in [6, 6.07) is 16.4. The van der Waals surface area contributed by atoms with E-state index in [0.717, 1.165) is 12.1 Å². The lowest BCUT2D eigenvalue weighted by atomic mass is 10.1. The van der Waals surface area contributed by atoms with Crippen LogP contribution in [0.4, 0.5) is 30.2 Å². The Bertz CT molecular complexity index is 1370. The number of aromatic hydroxyl groups is 1. The summed E-state index contributed by atoms with van der Waals surface area (Å²) < 4.78 is 39.4. The zero-order valence-corrected chi connectivity index (χ0v) is 17.4. The molecule has 0 saturated heterocycles. The summed E-state index contributed by atoms with van der Waals surface area (Å²) in [6.07, 6.45) is -4.51. The van der Waals surface area contributed by atoms with Crippen molar-refractivity contribution in [3.63, 3.8) is 0 Å². The highest BCUT2D eigenvalue weighted by Gasteiger charge is 2.31. The number of carbonyl (C=O) groups is 1. The number of alkyl halides is 3. The molecule has 4 rings (SSSR count). The summed E-state index contributed by atoms with van der Waals surface area (Å²) >= 11 is 0. The minimum absolute atomic E-state index is 0.178. The van der Waals surface area contributed by atoms with Crippen LogP contribution in [0.15, 0.2) is 71.7 Å². The van der Waals surface area contributed by atoms with Crippen molar-refractivity contribution in [3.05, 3.63) is 83.4 Å². The van der Waals surface area contributed by atoms with E-state index in [1.54, 1.807) is 55.5 Å². The van der Waals surface area contributed by atoms with Crippen molar-refractivity contribution in [1.29, 1.82) is 0 Å². The van der Waals surface area contributed by atoms with Crippen LogP contribution in [0.2, 0.25) is 0 Å². The number of benzene rings is 3. The van der Waals surface area contributed by atoms with Gasteiger partial charge in [-0.1, -0.05) is 12.1 Å². The van der Waals surface area contributed by atoms with Crippen molar-refractivity contribution in [2.45, 2.75) is 13.1 Å². The SMILES string of the molecule is CC(=Nc1ccc(C(=O)Nc2ccccc2N)cc1)c1c(O)[nH]c2ccc(C(F)(F)F)cc12. The summed E-state index contributed by atoms with van der Waals surface area (Å²) in [5, 5.41) is 13.2. The maximum atomic E-state index is 13.1. The number of amides is 1. The molecule has 0 spiro atoms. The third-order valence-electron chi connectivity index (χ3n) is 5.10. The zero-order chi connectivity index (χ0) is 23.8. The number of nitrogens with zero attached hydrogens (tertiary/aromatic N) is 1. The van der Waals surface area contributed by atoms with Crippen molar-refractivity contribution in [2.24, 2.45) is 4.99 Å². The van der Waals surface area contributed by atoms with Crippen molar-refractivity contribution in [3.8, 4) is 5.88 Å². The van der Waals surface area contributed by atoms with E-state index in [9.17, 15) is 23.1 Å². The number of hydrogen-bond donors (Lipinski definition) is 4. The molecule has 0 aliphatic rings. The van der Waals surface area contributed by atoms with Crippen LogP contribution in [0.3, 0.4) is 0 Å². The molecule has 0 radical (unpaired) electrons. The highest BCUT2D eigenvalue weighted by atomic mass is 19.4. The van der Waals surface area contributed by atoms with Gasteiger partial charge in [-0.25, -0.2) is 0 Å². The molecule has 0 aliphatic heterocycles. The van der Waals surface area contributed by atoms with Crippen LogP contribution in [-0.2, 0) is 6.18 Å². The van der Waals surface area contributed by atoms with E-state index in [1.165, 1.54) is 6.07 Å². The van der Waals surface area contributed by atoms with Gasteiger partial charge < -0.3 is 21.1 Å². The summed E-state index contributed by atoms with van der Waals surface area (Å²) in [7, 11) is 0. The average molecular weight is 452 g/mol. The molecule has 9 heteroatoms. The van der Waals surface area contributed by atoms with E-state index >= 15 is 0 Å². The standard InChI is InChI=1S/C24H19F3N4O2/c1-13(21-17-12-15(24(25,26)27)8-11-19(17)30-23(21)33)29-16-9-6-14(7-10-16)22(32)31-20-5-3-2-4-18(20)28/h2-12,30,33H,28H2,1H3,(H,31,32). The molecule has 1 aromatic heterocycles. The van der Waals surface area contributed by atoms with Gasteiger partial charge in [0.25, 0.3) is 5.91 Å². The first-order valence-corrected chi connectivity index (χ1v) is 9.87. The van der Waals surface area contributed by atoms with Gasteiger partial charge in [-0.2, -0.15) is 13.2 Å². The predicted molar refractivity (Wildman–Crippen MR) is 122 cm³/mol. The van der Waals surface area contributed by atoms with Crippen LogP contribution in [0.25, 0.3) is 10.9 Å². The maximum Gasteiger partial charge on any atom is 0.416 e. The van der Waals surface area contributed by atoms with Crippen molar-refractivity contribution >= 4 is 39.6 Å². The van der Waals surface area contributed by atoms with Crippen molar-refractivity contribution in [1.82, 2.24) is 4.98 Å². The molecule has 0 aliphatic carbocycles. The Balaban J connectivity index is 1.61. The number of nitrogens with two attached hydrogens (primary N) is 1. The van der Waals surface area contributed by atoms with Gasteiger partial charge in [-0.3, -0.25) is 9.79 Å². The number of nitrogens with one attached hydrogen (secondary N) is 2. The smallest absolute Gasteiger partial charge is 0.416 e. The lowest BCUT2D eigenvalue weighted by molar-refractivity contribution is -0.137. The Labute approximate surface area is 186 Å². The Morgan fingerprint density at radius 3 is 2.42 bits per heavy atom. The zero-order valence-electron chi connectivity index (χ0n) is 17.4. The van der Waals surface area contributed by atoms with Crippen LogP contribution in [0.5, 0.6) is 5.88 Å². The molecule has 0 unspecified atom stereocenters. The van der Waals surface area contributed by atoms with Crippen LogP contribution in [0, 0.1) is 0 Å². The molecule has 0 atom stereocenters. The first kappa shape index (κ1) is 21.9. The first-order chi connectivity index (χ1) is 15.6. The number of carbonyl (C=O) groups excluding carboxylic acids is 1. The number of rotatable bonds is 4. The van der Waals surface area contributed by atoms with Gasteiger partial charge in [-0.15, -0.1) is 0 Å². The van der Waals surface area contributed by atoms with E-state index in [-0.39, 0.29) is 22.7 Å². The molecule has 0 saturated carbocycles. The van der Waals surface area contributed by atoms with Crippen LogP contribution in [0.1, 0.15) is 28.4 Å². The normalized spacial score (nSPS) is 12.2. The molecule has 0 fully saturated rings. The molecule has 4 aromatic rings. The molecule has 3 aromatic carbocycles. The van der Waals surface area contributed by atoms with Gasteiger partial charge in [0.1, 0.15) is 0 Å². The van der Waals surface area contributed by atoms with Crippen LogP contribution >= 0.6 is 0 Å². The summed E-state index contributed by atoms with van der Waals surface area (Å²) in [5.41, 5.74) is 7.64. The number of halogens is 3. The van der Waals surface area contributed by atoms with Gasteiger partial charge >= 0.3 is 6.18 Å². The number of anilines is 2. The molecule has 1 amide bonds. The number of hydrogen-bond acceptors (Lipinski definition) is 4. The highest BCUT2D eigenvalue weighted by Crippen LogP contribution is 2.35.